The fourth-order valence-electron chi connectivity index (χ4n) is 4.36. The second-order valence-corrected chi connectivity index (χ2v) is 24.3. The standard InChI is InChI=1S/C19H36OSi2/c1-8-16-14-17(9-2)18(15-16)10-11-19(3)12-13-21(4,5)22(6,7)20-19/h8-9,16-18H,1-2,10-15H2,3-7H3. The summed E-state index contributed by atoms with van der Waals surface area (Å²) in [5.74, 6) is 2.18. The molecule has 1 saturated carbocycles. The first-order valence-electron chi connectivity index (χ1n) is 9.08. The summed E-state index contributed by atoms with van der Waals surface area (Å²) >= 11 is 0. The van der Waals surface area contributed by atoms with E-state index in [1.165, 1.54) is 38.1 Å². The lowest BCUT2D eigenvalue weighted by atomic mass is 9.86. The van der Waals surface area contributed by atoms with Gasteiger partial charge in [0.15, 0.2) is 7.83 Å². The van der Waals surface area contributed by atoms with Gasteiger partial charge in [0.1, 0.15) is 0 Å². The molecule has 0 aromatic carbocycles. The van der Waals surface area contributed by atoms with E-state index in [0.29, 0.717) is 11.8 Å². The predicted octanol–water partition coefficient (Wildman–Crippen LogP) is 5.95. The van der Waals surface area contributed by atoms with Gasteiger partial charge in [-0.1, -0.05) is 31.3 Å². The monoisotopic (exact) mass is 336 g/mol. The van der Waals surface area contributed by atoms with E-state index < -0.39 is 15.4 Å². The molecule has 0 amide bonds. The molecule has 0 radical (unpaired) electrons. The van der Waals surface area contributed by atoms with Crippen LogP contribution in [-0.4, -0.2) is 21.0 Å². The summed E-state index contributed by atoms with van der Waals surface area (Å²) in [5.41, 5.74) is 0.135. The van der Waals surface area contributed by atoms with E-state index in [9.17, 15) is 0 Å². The molecule has 3 heteroatoms. The minimum Gasteiger partial charge on any atom is -0.415 e. The fraction of sp³-hybridized carbons (Fsp3) is 0.789. The summed E-state index contributed by atoms with van der Waals surface area (Å²) in [7, 11) is -2.59. The lowest BCUT2D eigenvalue weighted by molar-refractivity contribution is 0.0551. The van der Waals surface area contributed by atoms with Gasteiger partial charge in [0.2, 0.25) is 0 Å². The summed E-state index contributed by atoms with van der Waals surface area (Å²) in [5, 5.41) is 0. The molecule has 2 rings (SSSR count). The summed E-state index contributed by atoms with van der Waals surface area (Å²) in [4.78, 5) is 0. The second-order valence-electron chi connectivity index (χ2n) is 9.11. The van der Waals surface area contributed by atoms with Gasteiger partial charge < -0.3 is 4.43 Å². The van der Waals surface area contributed by atoms with E-state index in [1.807, 2.05) is 0 Å². The maximum absolute atomic E-state index is 6.81. The largest absolute Gasteiger partial charge is 0.415 e. The van der Waals surface area contributed by atoms with Crippen LogP contribution in [0.15, 0.2) is 25.3 Å². The Morgan fingerprint density at radius 3 is 2.36 bits per heavy atom. The highest BCUT2D eigenvalue weighted by Crippen LogP contribution is 2.45. The van der Waals surface area contributed by atoms with Crippen LogP contribution in [0.1, 0.15) is 39.0 Å². The van der Waals surface area contributed by atoms with Gasteiger partial charge in [-0.25, -0.2) is 0 Å². The smallest absolute Gasteiger partial charge is 0.174 e. The van der Waals surface area contributed by atoms with E-state index in [4.69, 9.17) is 4.43 Å². The molecule has 22 heavy (non-hydrogen) atoms. The van der Waals surface area contributed by atoms with E-state index in [2.05, 4.69) is 58.4 Å². The van der Waals surface area contributed by atoms with Crippen molar-refractivity contribution in [1.82, 2.24) is 0 Å². The molecule has 1 nitrogen and oxygen atoms in total. The van der Waals surface area contributed by atoms with Gasteiger partial charge in [0.05, 0.1) is 13.2 Å². The highest BCUT2D eigenvalue weighted by Gasteiger charge is 2.51. The van der Waals surface area contributed by atoms with Gasteiger partial charge in [-0.3, -0.25) is 0 Å². The van der Waals surface area contributed by atoms with Crippen LogP contribution in [0, 0.1) is 17.8 Å². The third-order valence-corrected chi connectivity index (χ3v) is 23.5. The Kier molecular flexibility index (Phi) is 5.30. The normalized spacial score (nSPS) is 40.3. The topological polar surface area (TPSA) is 9.23 Å². The molecule has 0 aromatic rings. The molecule has 1 aliphatic heterocycles. The maximum Gasteiger partial charge on any atom is 0.174 e. The highest BCUT2D eigenvalue weighted by atomic mass is 29.3. The number of hydrogen-bond donors (Lipinski definition) is 0. The van der Waals surface area contributed by atoms with Crippen molar-refractivity contribution in [3.63, 3.8) is 0 Å². The SMILES string of the molecule is C=CC1CC(C=C)C(CCC2(C)CC[Si](C)(C)[Si](C)(C)O2)C1. The zero-order valence-electron chi connectivity index (χ0n) is 15.5. The van der Waals surface area contributed by atoms with E-state index in [1.54, 1.807) is 0 Å². The van der Waals surface area contributed by atoms with Crippen molar-refractivity contribution in [2.45, 2.75) is 76.9 Å². The molecule has 2 aliphatic rings. The zero-order valence-corrected chi connectivity index (χ0v) is 17.5. The average Bonchev–Trinajstić information content (AvgIpc) is 2.84. The molecule has 4 unspecified atom stereocenters. The van der Waals surface area contributed by atoms with E-state index >= 15 is 0 Å². The zero-order chi connectivity index (χ0) is 16.6. The van der Waals surface area contributed by atoms with Crippen LogP contribution in [0.2, 0.25) is 32.2 Å². The molecular weight excluding hydrogens is 300 g/mol. The average molecular weight is 337 g/mol. The van der Waals surface area contributed by atoms with Gasteiger partial charge in [0.25, 0.3) is 0 Å². The fourth-order valence-corrected chi connectivity index (χ4v) is 11.6. The van der Waals surface area contributed by atoms with Gasteiger partial charge in [-0.15, -0.1) is 13.2 Å². The summed E-state index contributed by atoms with van der Waals surface area (Å²) in [6.45, 7) is 20.5. The molecule has 0 spiro atoms. The maximum atomic E-state index is 6.81. The molecular formula is C19H36OSi2. The van der Waals surface area contributed by atoms with Gasteiger partial charge in [-0.2, -0.15) is 0 Å². The lowest BCUT2D eigenvalue weighted by Crippen LogP contribution is -2.64. The van der Waals surface area contributed by atoms with Crippen molar-refractivity contribution in [3.8, 4) is 0 Å². The molecule has 4 atom stereocenters. The molecule has 0 bridgehead atoms. The quantitative estimate of drug-likeness (QED) is 0.445. The number of hydrogen-bond acceptors (Lipinski definition) is 1. The Hall–Kier alpha value is -0.126. The van der Waals surface area contributed by atoms with Crippen LogP contribution in [-0.2, 0) is 4.43 Å². The first kappa shape index (κ1) is 18.2. The van der Waals surface area contributed by atoms with E-state index in [-0.39, 0.29) is 5.60 Å². The summed E-state index contributed by atoms with van der Waals surface area (Å²) in [6, 6.07) is 1.45. The Morgan fingerprint density at radius 2 is 1.82 bits per heavy atom. The van der Waals surface area contributed by atoms with Gasteiger partial charge in [-0.05, 0) is 69.9 Å². The molecule has 2 fully saturated rings. The second kappa shape index (κ2) is 6.41. The van der Waals surface area contributed by atoms with Crippen LogP contribution in [0.25, 0.3) is 0 Å². The summed E-state index contributed by atoms with van der Waals surface area (Å²) in [6.07, 6.45) is 10.7. The number of rotatable bonds is 5. The van der Waals surface area contributed by atoms with Crippen LogP contribution in [0.4, 0.5) is 0 Å². The molecule has 1 aliphatic carbocycles. The van der Waals surface area contributed by atoms with Crippen LogP contribution in [0.5, 0.6) is 0 Å². The molecule has 0 aromatic heterocycles. The van der Waals surface area contributed by atoms with Crippen molar-refractivity contribution >= 4 is 15.4 Å². The minimum atomic E-state index is -1.47. The van der Waals surface area contributed by atoms with Gasteiger partial charge in [0, 0.05) is 0 Å². The van der Waals surface area contributed by atoms with Crippen LogP contribution >= 0.6 is 0 Å². The molecule has 1 heterocycles. The predicted molar refractivity (Wildman–Crippen MR) is 103 cm³/mol. The van der Waals surface area contributed by atoms with Crippen molar-refractivity contribution < 1.29 is 4.43 Å². The van der Waals surface area contributed by atoms with Crippen molar-refractivity contribution in [2.24, 2.45) is 17.8 Å². The van der Waals surface area contributed by atoms with Crippen molar-refractivity contribution in [3.05, 3.63) is 25.3 Å². The Bertz CT molecular complexity index is 429. The summed E-state index contributed by atoms with van der Waals surface area (Å²) < 4.78 is 6.81. The Morgan fingerprint density at radius 1 is 1.14 bits per heavy atom. The van der Waals surface area contributed by atoms with Crippen molar-refractivity contribution in [2.75, 3.05) is 0 Å². The van der Waals surface area contributed by atoms with Gasteiger partial charge >= 0.3 is 0 Å². The first-order valence-corrected chi connectivity index (χ1v) is 16.2. The lowest BCUT2D eigenvalue weighted by Gasteiger charge is -2.51. The van der Waals surface area contributed by atoms with Crippen LogP contribution < -0.4 is 0 Å². The first-order chi connectivity index (χ1) is 10.1. The molecule has 1 saturated heterocycles. The molecule has 0 N–H and O–H groups in total. The third kappa shape index (κ3) is 3.68. The highest BCUT2D eigenvalue weighted by molar-refractivity contribution is 7.38. The third-order valence-electron chi connectivity index (χ3n) is 6.88. The van der Waals surface area contributed by atoms with E-state index in [0.717, 1.165) is 5.92 Å². The van der Waals surface area contributed by atoms with Crippen molar-refractivity contribution in [1.29, 1.82) is 0 Å². The Labute approximate surface area is 140 Å². The molecule has 126 valence electrons. The number of allylic oxidation sites excluding steroid dienone is 2. The minimum absolute atomic E-state index is 0.135. The van der Waals surface area contributed by atoms with Crippen LogP contribution in [0.3, 0.4) is 0 Å². The Balaban J connectivity index is 1.96.